The van der Waals surface area contributed by atoms with Gasteiger partial charge in [0.2, 0.25) is 0 Å². The van der Waals surface area contributed by atoms with Crippen molar-refractivity contribution in [1.82, 2.24) is 0 Å². The first-order chi connectivity index (χ1) is 11.8. The molecule has 0 fully saturated rings. The van der Waals surface area contributed by atoms with Crippen LogP contribution in [0.2, 0.25) is 0 Å². The molecule has 1 N–H and O–H groups in total. The molecule has 0 spiro atoms. The van der Waals surface area contributed by atoms with Crippen molar-refractivity contribution in [2.24, 2.45) is 0 Å². The standard InChI is InChI=1S/C21H28O3/c22-15-9-5-3-1-2-4-6-10-16-24-21(23)20-14-13-18-11-7-8-12-19(18)17-20/h7-8,11-14,17,22H,1-6,9-10,15-16H2. The summed E-state index contributed by atoms with van der Waals surface area (Å²) < 4.78 is 5.37. The Morgan fingerprint density at radius 3 is 2.12 bits per heavy atom. The Morgan fingerprint density at radius 1 is 0.792 bits per heavy atom. The monoisotopic (exact) mass is 328 g/mol. The zero-order valence-electron chi connectivity index (χ0n) is 14.4. The second kappa shape index (κ2) is 10.8. The number of fused-ring (bicyclic) bond motifs is 1. The topological polar surface area (TPSA) is 46.5 Å². The van der Waals surface area contributed by atoms with E-state index in [0.29, 0.717) is 18.8 Å². The Hall–Kier alpha value is -1.87. The molecule has 0 aliphatic heterocycles. The van der Waals surface area contributed by atoms with Crippen molar-refractivity contribution in [3.63, 3.8) is 0 Å². The Morgan fingerprint density at radius 2 is 1.42 bits per heavy atom. The van der Waals surface area contributed by atoms with E-state index in [1.807, 2.05) is 42.5 Å². The van der Waals surface area contributed by atoms with E-state index in [2.05, 4.69) is 0 Å². The number of rotatable bonds is 11. The van der Waals surface area contributed by atoms with Crippen molar-refractivity contribution in [2.75, 3.05) is 13.2 Å². The van der Waals surface area contributed by atoms with E-state index < -0.39 is 0 Å². The number of unbranched alkanes of at least 4 members (excludes halogenated alkanes) is 7. The van der Waals surface area contributed by atoms with Crippen molar-refractivity contribution >= 4 is 16.7 Å². The zero-order chi connectivity index (χ0) is 17.0. The quantitative estimate of drug-likeness (QED) is 0.460. The summed E-state index contributed by atoms with van der Waals surface area (Å²) in [5.74, 6) is -0.232. The minimum Gasteiger partial charge on any atom is -0.462 e. The van der Waals surface area contributed by atoms with Crippen LogP contribution in [0.25, 0.3) is 10.8 Å². The molecule has 0 saturated carbocycles. The number of aliphatic hydroxyl groups excluding tert-OH is 1. The Balaban J connectivity index is 1.59. The summed E-state index contributed by atoms with van der Waals surface area (Å²) in [6.45, 7) is 0.804. The maximum atomic E-state index is 12.1. The van der Waals surface area contributed by atoms with Crippen LogP contribution in [0.15, 0.2) is 42.5 Å². The number of aliphatic hydroxyl groups is 1. The summed E-state index contributed by atoms with van der Waals surface area (Å²) in [7, 11) is 0. The van der Waals surface area contributed by atoms with Gasteiger partial charge >= 0.3 is 5.97 Å². The third-order valence-corrected chi connectivity index (χ3v) is 4.27. The fraction of sp³-hybridized carbons (Fsp3) is 0.476. The molecule has 0 aromatic heterocycles. The minimum absolute atomic E-state index is 0.232. The van der Waals surface area contributed by atoms with Crippen LogP contribution in [0.5, 0.6) is 0 Å². The second-order valence-corrected chi connectivity index (χ2v) is 6.25. The molecule has 0 unspecified atom stereocenters. The van der Waals surface area contributed by atoms with Crippen molar-refractivity contribution < 1.29 is 14.6 Å². The summed E-state index contributed by atoms with van der Waals surface area (Å²) >= 11 is 0. The van der Waals surface area contributed by atoms with Crippen LogP contribution in [-0.4, -0.2) is 24.3 Å². The smallest absolute Gasteiger partial charge is 0.338 e. The van der Waals surface area contributed by atoms with Crippen LogP contribution in [-0.2, 0) is 4.74 Å². The molecule has 2 aromatic carbocycles. The van der Waals surface area contributed by atoms with E-state index >= 15 is 0 Å². The van der Waals surface area contributed by atoms with Gasteiger partial charge < -0.3 is 9.84 Å². The lowest BCUT2D eigenvalue weighted by atomic mass is 10.1. The molecule has 0 aliphatic carbocycles. The van der Waals surface area contributed by atoms with Crippen molar-refractivity contribution in [1.29, 1.82) is 0 Å². The minimum atomic E-state index is -0.232. The summed E-state index contributed by atoms with van der Waals surface area (Å²) in [6.07, 6.45) is 8.93. The number of carbonyl (C=O) groups excluding carboxylic acids is 1. The van der Waals surface area contributed by atoms with Crippen molar-refractivity contribution in [3.8, 4) is 0 Å². The van der Waals surface area contributed by atoms with Crippen LogP contribution < -0.4 is 0 Å². The normalized spacial score (nSPS) is 10.9. The van der Waals surface area contributed by atoms with Gasteiger partial charge in [0, 0.05) is 6.61 Å². The molecular formula is C21H28O3. The Bertz CT molecular complexity index is 621. The molecule has 0 bridgehead atoms. The molecule has 24 heavy (non-hydrogen) atoms. The van der Waals surface area contributed by atoms with Gasteiger partial charge in [0.05, 0.1) is 12.2 Å². The average Bonchev–Trinajstić information content (AvgIpc) is 2.62. The van der Waals surface area contributed by atoms with Gasteiger partial charge in [-0.15, -0.1) is 0 Å². The molecule has 0 heterocycles. The summed E-state index contributed by atoms with van der Waals surface area (Å²) in [5.41, 5.74) is 0.623. The van der Waals surface area contributed by atoms with Crippen LogP contribution in [0.1, 0.15) is 61.7 Å². The van der Waals surface area contributed by atoms with Gasteiger partial charge in [0.25, 0.3) is 0 Å². The summed E-state index contributed by atoms with van der Waals surface area (Å²) in [6, 6.07) is 13.7. The predicted octanol–water partition coefficient (Wildman–Crippen LogP) is 5.11. The van der Waals surface area contributed by atoms with E-state index in [1.165, 1.54) is 25.7 Å². The van der Waals surface area contributed by atoms with E-state index in [9.17, 15) is 4.79 Å². The fourth-order valence-electron chi connectivity index (χ4n) is 2.84. The van der Waals surface area contributed by atoms with Gasteiger partial charge in [-0.25, -0.2) is 4.79 Å². The van der Waals surface area contributed by atoms with Gasteiger partial charge in [-0.3, -0.25) is 0 Å². The van der Waals surface area contributed by atoms with Crippen molar-refractivity contribution in [2.45, 2.75) is 51.4 Å². The highest BCUT2D eigenvalue weighted by Gasteiger charge is 2.07. The number of hydrogen-bond acceptors (Lipinski definition) is 3. The lowest BCUT2D eigenvalue weighted by Gasteiger charge is -2.06. The maximum absolute atomic E-state index is 12.1. The zero-order valence-corrected chi connectivity index (χ0v) is 14.4. The highest BCUT2D eigenvalue weighted by atomic mass is 16.5. The first-order valence-corrected chi connectivity index (χ1v) is 9.08. The second-order valence-electron chi connectivity index (χ2n) is 6.25. The molecule has 130 valence electrons. The molecule has 3 heteroatoms. The van der Waals surface area contributed by atoms with Gasteiger partial charge in [-0.2, -0.15) is 0 Å². The van der Waals surface area contributed by atoms with E-state index in [1.54, 1.807) is 0 Å². The number of carbonyl (C=O) groups is 1. The number of esters is 1. The molecular weight excluding hydrogens is 300 g/mol. The molecule has 0 saturated heterocycles. The first-order valence-electron chi connectivity index (χ1n) is 9.08. The number of benzene rings is 2. The van der Waals surface area contributed by atoms with Gasteiger partial charge in [0.1, 0.15) is 0 Å². The molecule has 0 atom stereocenters. The molecule has 2 rings (SSSR count). The lowest BCUT2D eigenvalue weighted by Crippen LogP contribution is -2.06. The van der Waals surface area contributed by atoms with Gasteiger partial charge in [0.15, 0.2) is 0 Å². The summed E-state index contributed by atoms with van der Waals surface area (Å²) in [4.78, 5) is 12.1. The van der Waals surface area contributed by atoms with Gasteiger partial charge in [-0.05, 0) is 35.7 Å². The number of hydrogen-bond donors (Lipinski definition) is 1. The van der Waals surface area contributed by atoms with Crippen LogP contribution in [0.3, 0.4) is 0 Å². The summed E-state index contributed by atoms with van der Waals surface area (Å²) in [5, 5.41) is 10.9. The third-order valence-electron chi connectivity index (χ3n) is 4.27. The molecule has 0 amide bonds. The lowest BCUT2D eigenvalue weighted by molar-refractivity contribution is 0.0498. The van der Waals surface area contributed by atoms with Crippen molar-refractivity contribution in [3.05, 3.63) is 48.0 Å². The maximum Gasteiger partial charge on any atom is 0.338 e. The van der Waals surface area contributed by atoms with Gasteiger partial charge in [-0.1, -0.05) is 68.9 Å². The Labute approximate surface area is 144 Å². The third kappa shape index (κ3) is 6.32. The highest BCUT2D eigenvalue weighted by molar-refractivity contribution is 5.95. The molecule has 2 aromatic rings. The SMILES string of the molecule is O=C(OCCCCCCCCCCO)c1ccc2ccccc2c1. The molecule has 0 radical (unpaired) electrons. The number of ether oxygens (including phenoxy) is 1. The van der Waals surface area contributed by atoms with Crippen LogP contribution in [0, 0.1) is 0 Å². The largest absolute Gasteiger partial charge is 0.462 e. The van der Waals surface area contributed by atoms with Crippen LogP contribution >= 0.6 is 0 Å². The fourth-order valence-corrected chi connectivity index (χ4v) is 2.84. The average molecular weight is 328 g/mol. The molecule has 0 aliphatic rings. The highest BCUT2D eigenvalue weighted by Crippen LogP contribution is 2.16. The molecule has 3 nitrogen and oxygen atoms in total. The van der Waals surface area contributed by atoms with Crippen LogP contribution in [0.4, 0.5) is 0 Å². The van der Waals surface area contributed by atoms with E-state index in [0.717, 1.165) is 36.5 Å². The van der Waals surface area contributed by atoms with E-state index in [-0.39, 0.29) is 5.97 Å². The first kappa shape index (κ1) is 18.5. The Kier molecular flexibility index (Phi) is 8.33. The predicted molar refractivity (Wildman–Crippen MR) is 98.3 cm³/mol. The van der Waals surface area contributed by atoms with E-state index in [4.69, 9.17) is 9.84 Å².